The second kappa shape index (κ2) is 13.9. The first-order valence-electron chi connectivity index (χ1n) is 15.4. The van der Waals surface area contributed by atoms with E-state index in [4.69, 9.17) is 25.0 Å². The van der Waals surface area contributed by atoms with Crippen molar-refractivity contribution in [3.63, 3.8) is 0 Å². The molecule has 0 radical (unpaired) electrons. The molecule has 2 fully saturated rings. The predicted octanol–water partition coefficient (Wildman–Crippen LogP) is 3.63. The van der Waals surface area contributed by atoms with Gasteiger partial charge in [0.1, 0.15) is 17.3 Å². The first-order chi connectivity index (χ1) is 20.7. The molecule has 4 aliphatic heterocycles. The Bertz CT molecular complexity index is 1310. The van der Waals surface area contributed by atoms with Crippen LogP contribution in [0.15, 0.2) is 36.4 Å². The Morgan fingerprint density at radius 1 is 0.767 bits per heavy atom. The average molecular weight is 591 g/mol. The number of carbonyl (C=O) groups excluding carboxylic acids is 1. The van der Waals surface area contributed by atoms with Gasteiger partial charge in [0.25, 0.3) is 0 Å². The van der Waals surface area contributed by atoms with Gasteiger partial charge in [-0.3, -0.25) is 10.8 Å². The van der Waals surface area contributed by atoms with Crippen molar-refractivity contribution in [2.24, 2.45) is 0 Å². The van der Waals surface area contributed by atoms with Crippen molar-refractivity contribution in [3.05, 3.63) is 69.8 Å². The molecule has 0 unspecified atom stereocenters. The Morgan fingerprint density at radius 3 is 1.86 bits per heavy atom. The van der Waals surface area contributed by atoms with Crippen molar-refractivity contribution in [2.45, 2.75) is 52.3 Å². The number of rotatable bonds is 2. The highest BCUT2D eigenvalue weighted by molar-refractivity contribution is 5.99. The topological polar surface area (TPSA) is 114 Å². The zero-order valence-electron chi connectivity index (χ0n) is 25.8. The summed E-state index contributed by atoms with van der Waals surface area (Å²) in [5, 5.41) is 20.4. The fourth-order valence-electron chi connectivity index (χ4n) is 5.98. The number of nitrogens with one attached hydrogen (secondary N) is 3. The minimum atomic E-state index is -0.488. The first-order valence-corrected chi connectivity index (χ1v) is 15.4. The molecule has 43 heavy (non-hydrogen) atoms. The van der Waals surface area contributed by atoms with Crippen molar-refractivity contribution in [1.82, 2.24) is 20.0 Å². The summed E-state index contributed by atoms with van der Waals surface area (Å²) in [4.78, 5) is 18.3. The lowest BCUT2D eigenvalue weighted by Gasteiger charge is -2.34. The molecule has 4 heterocycles. The monoisotopic (exact) mass is 590 g/mol. The van der Waals surface area contributed by atoms with Gasteiger partial charge >= 0.3 is 6.09 Å². The Hall–Kier alpha value is -3.47. The zero-order valence-corrected chi connectivity index (χ0v) is 25.8. The summed E-state index contributed by atoms with van der Waals surface area (Å²) in [5.41, 5.74) is 6.58. The van der Waals surface area contributed by atoms with E-state index in [1.54, 1.807) is 4.90 Å². The Kier molecular flexibility index (Phi) is 10.00. The number of fused-ring (bicyclic) bond motifs is 2. The summed E-state index contributed by atoms with van der Waals surface area (Å²) in [6, 6.07) is 12.3. The van der Waals surface area contributed by atoms with Gasteiger partial charge in [-0.15, -0.1) is 0 Å². The van der Waals surface area contributed by atoms with Crippen LogP contribution in [0.25, 0.3) is 0 Å². The van der Waals surface area contributed by atoms with E-state index in [0.29, 0.717) is 38.0 Å². The molecule has 3 N–H and O–H groups in total. The fourth-order valence-corrected chi connectivity index (χ4v) is 5.98. The minimum absolute atomic E-state index is 0.271. The summed E-state index contributed by atoms with van der Waals surface area (Å²) in [5.74, 6) is 1.22. The summed E-state index contributed by atoms with van der Waals surface area (Å²) in [6.07, 6.45) is 1.50. The highest BCUT2D eigenvalue weighted by atomic mass is 16.6. The van der Waals surface area contributed by atoms with Gasteiger partial charge in [-0.05, 0) is 62.4 Å². The first kappa shape index (κ1) is 31.0. The van der Waals surface area contributed by atoms with E-state index in [0.717, 1.165) is 82.0 Å². The zero-order chi connectivity index (χ0) is 30.4. The predicted molar refractivity (Wildman–Crippen MR) is 167 cm³/mol. The van der Waals surface area contributed by atoms with Gasteiger partial charge in [-0.25, -0.2) is 4.79 Å². The number of morpholine rings is 2. The number of benzene rings is 2. The normalized spacial score (nSPS) is 18.5. The quantitative estimate of drug-likeness (QED) is 0.362. The summed E-state index contributed by atoms with van der Waals surface area (Å²) < 4.78 is 16.2. The molecule has 2 aromatic rings. The average Bonchev–Trinajstić information content (AvgIpc) is 3.03. The van der Waals surface area contributed by atoms with E-state index >= 15 is 0 Å². The SMILES string of the molecule is CC(C)(C)OC(=O)N1CCc2c(cccc2C(=N)N2CCOCC2)C1.N=C(c1cccc2c1CCNC2)N1CCOCC1. The second-order valence-electron chi connectivity index (χ2n) is 12.4. The molecule has 1 amide bonds. The van der Waals surface area contributed by atoms with Gasteiger partial charge in [-0.1, -0.05) is 36.4 Å². The van der Waals surface area contributed by atoms with Crippen LogP contribution in [-0.2, 0) is 40.1 Å². The van der Waals surface area contributed by atoms with Crippen LogP contribution in [0.1, 0.15) is 54.2 Å². The highest BCUT2D eigenvalue weighted by Crippen LogP contribution is 2.25. The number of amides is 1. The lowest BCUT2D eigenvalue weighted by atomic mass is 9.93. The second-order valence-corrected chi connectivity index (χ2v) is 12.4. The molecule has 2 aromatic carbocycles. The Morgan fingerprint density at radius 2 is 1.30 bits per heavy atom. The fraction of sp³-hybridized carbons (Fsp3) is 0.545. The van der Waals surface area contributed by atoms with Crippen molar-refractivity contribution >= 4 is 17.8 Å². The van der Waals surface area contributed by atoms with Gasteiger partial charge in [0.2, 0.25) is 0 Å². The molecule has 232 valence electrons. The highest BCUT2D eigenvalue weighted by Gasteiger charge is 2.28. The van der Waals surface area contributed by atoms with Gasteiger partial charge < -0.3 is 34.2 Å². The third-order valence-electron chi connectivity index (χ3n) is 8.22. The summed E-state index contributed by atoms with van der Waals surface area (Å²) in [6.45, 7) is 14.7. The van der Waals surface area contributed by atoms with Crippen LogP contribution in [0.5, 0.6) is 0 Å². The van der Waals surface area contributed by atoms with Crippen molar-refractivity contribution in [2.75, 3.05) is 65.7 Å². The summed E-state index contributed by atoms with van der Waals surface area (Å²) in [7, 11) is 0. The molecule has 10 nitrogen and oxygen atoms in total. The van der Waals surface area contributed by atoms with E-state index in [1.165, 1.54) is 16.7 Å². The maximum Gasteiger partial charge on any atom is 0.410 e. The molecule has 0 spiro atoms. The van der Waals surface area contributed by atoms with Crippen LogP contribution >= 0.6 is 0 Å². The number of amidine groups is 2. The molecule has 0 saturated carbocycles. The summed E-state index contributed by atoms with van der Waals surface area (Å²) >= 11 is 0. The third-order valence-corrected chi connectivity index (χ3v) is 8.22. The van der Waals surface area contributed by atoms with Crippen LogP contribution in [-0.4, -0.2) is 104 Å². The van der Waals surface area contributed by atoms with Crippen molar-refractivity contribution < 1.29 is 19.0 Å². The van der Waals surface area contributed by atoms with E-state index in [1.807, 2.05) is 39.0 Å². The van der Waals surface area contributed by atoms with Gasteiger partial charge in [0, 0.05) is 56.9 Å². The van der Waals surface area contributed by atoms with E-state index in [2.05, 4.69) is 33.3 Å². The van der Waals surface area contributed by atoms with Crippen LogP contribution in [0.4, 0.5) is 4.79 Å². The van der Waals surface area contributed by atoms with E-state index in [-0.39, 0.29) is 6.09 Å². The molecule has 6 rings (SSSR count). The largest absolute Gasteiger partial charge is 0.444 e. The molecule has 2 saturated heterocycles. The van der Waals surface area contributed by atoms with Crippen molar-refractivity contribution in [1.29, 1.82) is 10.8 Å². The maximum absolute atomic E-state index is 12.3. The van der Waals surface area contributed by atoms with Crippen LogP contribution in [0.3, 0.4) is 0 Å². The van der Waals surface area contributed by atoms with E-state index in [9.17, 15) is 4.79 Å². The Balaban J connectivity index is 0.000000180. The van der Waals surface area contributed by atoms with Crippen LogP contribution < -0.4 is 5.32 Å². The molecule has 0 aromatic heterocycles. The van der Waals surface area contributed by atoms with Crippen LogP contribution in [0, 0.1) is 10.8 Å². The smallest absolute Gasteiger partial charge is 0.410 e. The van der Waals surface area contributed by atoms with Gasteiger partial charge in [0.15, 0.2) is 0 Å². The Labute approximate surface area is 255 Å². The number of nitrogens with zero attached hydrogens (tertiary/aromatic N) is 3. The molecule has 0 bridgehead atoms. The maximum atomic E-state index is 12.3. The third kappa shape index (κ3) is 7.74. The number of hydrogen-bond acceptors (Lipinski definition) is 7. The molecular formula is C33H46N6O4. The lowest BCUT2D eigenvalue weighted by Crippen LogP contribution is -2.43. The molecular weight excluding hydrogens is 544 g/mol. The van der Waals surface area contributed by atoms with Crippen molar-refractivity contribution in [3.8, 4) is 0 Å². The molecule has 0 atom stereocenters. The molecule has 10 heteroatoms. The van der Waals surface area contributed by atoms with E-state index < -0.39 is 5.60 Å². The van der Waals surface area contributed by atoms with Gasteiger partial charge in [0.05, 0.1) is 26.4 Å². The van der Waals surface area contributed by atoms with Crippen LogP contribution in [0.2, 0.25) is 0 Å². The number of carbonyl (C=O) groups is 1. The van der Waals surface area contributed by atoms with Gasteiger partial charge in [-0.2, -0.15) is 0 Å². The lowest BCUT2D eigenvalue weighted by molar-refractivity contribution is 0.0223. The minimum Gasteiger partial charge on any atom is -0.444 e. The molecule has 0 aliphatic carbocycles. The number of ether oxygens (including phenoxy) is 3. The number of hydrogen-bond donors (Lipinski definition) is 3. The standard InChI is InChI=1S/C19H27N3O3.C14H19N3O/c1-19(2,3)25-18(23)22-8-7-15-14(13-22)5-4-6-16(15)17(20)21-9-11-24-12-10-21;15-14(17-6-8-18-9-7-17)13-3-1-2-11-10-16-5-4-12(11)13/h4-6,20H,7-13H2,1-3H3;1-3,15-16H,4-10H2. The molecule has 4 aliphatic rings.